The molecule has 1 heterocycles. The Bertz CT molecular complexity index is 468. The van der Waals surface area contributed by atoms with Crippen LogP contribution >= 0.6 is 0 Å². The Morgan fingerprint density at radius 2 is 2.05 bits per heavy atom. The van der Waals surface area contributed by atoms with Crippen LogP contribution in [-0.4, -0.2) is 48.6 Å². The Balaban J connectivity index is 1.98. The maximum atomic E-state index is 12.0. The number of aryl methyl sites for hydroxylation is 2. The third kappa shape index (κ3) is 3.68. The van der Waals surface area contributed by atoms with Crippen LogP contribution in [0.2, 0.25) is 0 Å². The van der Waals surface area contributed by atoms with Gasteiger partial charge in [0.05, 0.1) is 12.2 Å². The van der Waals surface area contributed by atoms with E-state index in [1.54, 1.807) is 6.07 Å². The summed E-state index contributed by atoms with van der Waals surface area (Å²) in [4.78, 5) is 14.1. The number of rotatable bonds is 3. The lowest BCUT2D eigenvalue weighted by atomic mass is 10.1. The van der Waals surface area contributed by atoms with Crippen molar-refractivity contribution in [3.63, 3.8) is 0 Å². The van der Waals surface area contributed by atoms with Crippen LogP contribution in [-0.2, 0) is 4.79 Å². The lowest BCUT2D eigenvalue weighted by Crippen LogP contribution is -2.46. The van der Waals surface area contributed by atoms with Gasteiger partial charge < -0.3 is 15.7 Å². The second-order valence-electron chi connectivity index (χ2n) is 5.05. The second-order valence-corrected chi connectivity index (χ2v) is 5.05. The van der Waals surface area contributed by atoms with E-state index in [1.807, 2.05) is 19.9 Å². The topological polar surface area (TPSA) is 64.6 Å². The first-order valence-corrected chi connectivity index (χ1v) is 6.59. The number of phenolic OH excluding ortho intramolecular Hbond substituents is 1. The molecule has 3 N–H and O–H groups in total. The molecule has 0 atom stereocenters. The molecule has 19 heavy (non-hydrogen) atoms. The lowest BCUT2D eigenvalue weighted by Gasteiger charge is -2.26. The van der Waals surface area contributed by atoms with Crippen molar-refractivity contribution in [2.45, 2.75) is 13.8 Å². The van der Waals surface area contributed by atoms with Crippen molar-refractivity contribution in [2.24, 2.45) is 0 Å². The van der Waals surface area contributed by atoms with Crippen LogP contribution in [0, 0.1) is 13.8 Å². The molecular weight excluding hydrogens is 242 g/mol. The molecule has 0 unspecified atom stereocenters. The van der Waals surface area contributed by atoms with E-state index in [-0.39, 0.29) is 11.7 Å². The molecule has 0 saturated carbocycles. The molecule has 104 valence electrons. The standard InChI is InChI=1S/C14H21N3O2/c1-10-7-11(2)14(19)12(8-10)16-13(18)9-17-5-3-15-4-6-17/h7-8,15,19H,3-6,9H2,1-2H3,(H,16,18). The minimum absolute atomic E-state index is 0.0813. The number of phenols is 1. The fourth-order valence-corrected chi connectivity index (χ4v) is 2.32. The maximum absolute atomic E-state index is 12.0. The first-order valence-electron chi connectivity index (χ1n) is 6.59. The Kier molecular flexibility index (Phi) is 4.39. The van der Waals surface area contributed by atoms with Crippen molar-refractivity contribution in [1.29, 1.82) is 0 Å². The average molecular weight is 263 g/mol. The first-order chi connectivity index (χ1) is 9.06. The van der Waals surface area contributed by atoms with Crippen molar-refractivity contribution >= 4 is 11.6 Å². The molecular formula is C14H21N3O2. The van der Waals surface area contributed by atoms with Crippen LogP contribution in [0.25, 0.3) is 0 Å². The van der Waals surface area contributed by atoms with Gasteiger partial charge in [-0.3, -0.25) is 9.69 Å². The molecule has 1 amide bonds. The number of carbonyl (C=O) groups excluding carboxylic acids is 1. The maximum Gasteiger partial charge on any atom is 0.238 e. The Morgan fingerprint density at radius 3 is 2.74 bits per heavy atom. The first kappa shape index (κ1) is 13.8. The minimum Gasteiger partial charge on any atom is -0.505 e. The number of nitrogens with one attached hydrogen (secondary N) is 2. The zero-order valence-corrected chi connectivity index (χ0v) is 11.5. The van der Waals surface area contributed by atoms with Crippen LogP contribution < -0.4 is 10.6 Å². The molecule has 2 rings (SSSR count). The molecule has 0 spiro atoms. The average Bonchev–Trinajstić information content (AvgIpc) is 2.36. The number of nitrogens with zero attached hydrogens (tertiary/aromatic N) is 1. The smallest absolute Gasteiger partial charge is 0.238 e. The minimum atomic E-state index is -0.0813. The van der Waals surface area contributed by atoms with E-state index in [0.717, 1.165) is 37.3 Å². The number of hydrogen-bond acceptors (Lipinski definition) is 4. The second kappa shape index (κ2) is 6.04. The van der Waals surface area contributed by atoms with Gasteiger partial charge in [0, 0.05) is 26.2 Å². The molecule has 1 saturated heterocycles. The molecule has 0 aromatic heterocycles. The summed E-state index contributed by atoms with van der Waals surface area (Å²) >= 11 is 0. The van der Waals surface area contributed by atoms with Gasteiger partial charge in [-0.2, -0.15) is 0 Å². The van der Waals surface area contributed by atoms with Gasteiger partial charge in [0.2, 0.25) is 5.91 Å². The summed E-state index contributed by atoms with van der Waals surface area (Å²) in [6.45, 7) is 7.74. The Morgan fingerprint density at radius 1 is 1.37 bits per heavy atom. The van der Waals surface area contributed by atoms with Crippen molar-refractivity contribution in [1.82, 2.24) is 10.2 Å². The molecule has 0 radical (unpaired) electrons. The molecule has 5 heteroatoms. The van der Waals surface area contributed by atoms with Crippen molar-refractivity contribution in [3.8, 4) is 5.75 Å². The highest BCUT2D eigenvalue weighted by molar-refractivity contribution is 5.94. The number of amides is 1. The quantitative estimate of drug-likeness (QED) is 0.708. The zero-order valence-electron chi connectivity index (χ0n) is 11.5. The van der Waals surface area contributed by atoms with Crippen LogP contribution in [0.15, 0.2) is 12.1 Å². The van der Waals surface area contributed by atoms with Gasteiger partial charge in [-0.25, -0.2) is 0 Å². The fraction of sp³-hybridized carbons (Fsp3) is 0.500. The molecule has 0 bridgehead atoms. The van der Waals surface area contributed by atoms with Crippen molar-refractivity contribution in [2.75, 3.05) is 38.0 Å². The molecule has 5 nitrogen and oxygen atoms in total. The monoisotopic (exact) mass is 263 g/mol. The van der Waals surface area contributed by atoms with E-state index in [4.69, 9.17) is 0 Å². The fourth-order valence-electron chi connectivity index (χ4n) is 2.32. The van der Waals surface area contributed by atoms with E-state index in [9.17, 15) is 9.90 Å². The van der Waals surface area contributed by atoms with E-state index in [2.05, 4.69) is 15.5 Å². The number of carbonyl (C=O) groups is 1. The number of hydrogen-bond donors (Lipinski definition) is 3. The van der Waals surface area contributed by atoms with Crippen LogP contribution in [0.1, 0.15) is 11.1 Å². The van der Waals surface area contributed by atoms with E-state index in [0.29, 0.717) is 12.2 Å². The molecule has 1 fully saturated rings. The molecule has 0 aliphatic carbocycles. The van der Waals surface area contributed by atoms with Crippen LogP contribution in [0.4, 0.5) is 5.69 Å². The summed E-state index contributed by atoms with van der Waals surface area (Å²) in [5, 5.41) is 16.0. The molecule has 1 aliphatic heterocycles. The largest absolute Gasteiger partial charge is 0.505 e. The lowest BCUT2D eigenvalue weighted by molar-refractivity contribution is -0.117. The highest BCUT2D eigenvalue weighted by atomic mass is 16.3. The summed E-state index contributed by atoms with van der Waals surface area (Å²) < 4.78 is 0. The van der Waals surface area contributed by atoms with E-state index >= 15 is 0 Å². The zero-order chi connectivity index (χ0) is 13.8. The Hall–Kier alpha value is -1.59. The van der Waals surface area contributed by atoms with Gasteiger partial charge in [-0.05, 0) is 31.0 Å². The molecule has 1 aromatic carbocycles. The summed E-state index contributed by atoms with van der Waals surface area (Å²) in [5.74, 6) is 0.0708. The number of aromatic hydroxyl groups is 1. The summed E-state index contributed by atoms with van der Waals surface area (Å²) in [7, 11) is 0. The van der Waals surface area contributed by atoms with Crippen molar-refractivity contribution in [3.05, 3.63) is 23.3 Å². The normalized spacial score (nSPS) is 16.3. The highest BCUT2D eigenvalue weighted by Gasteiger charge is 2.15. The summed E-state index contributed by atoms with van der Waals surface area (Å²) in [6.07, 6.45) is 0. The van der Waals surface area contributed by atoms with Crippen LogP contribution in [0.5, 0.6) is 5.75 Å². The molecule has 1 aromatic rings. The van der Waals surface area contributed by atoms with Gasteiger partial charge in [0.1, 0.15) is 5.75 Å². The van der Waals surface area contributed by atoms with E-state index in [1.165, 1.54) is 0 Å². The summed E-state index contributed by atoms with van der Waals surface area (Å²) in [5.41, 5.74) is 2.29. The van der Waals surface area contributed by atoms with E-state index < -0.39 is 0 Å². The number of piperazine rings is 1. The van der Waals surface area contributed by atoms with Gasteiger partial charge >= 0.3 is 0 Å². The van der Waals surface area contributed by atoms with Gasteiger partial charge in [0.25, 0.3) is 0 Å². The van der Waals surface area contributed by atoms with Crippen LogP contribution in [0.3, 0.4) is 0 Å². The highest BCUT2D eigenvalue weighted by Crippen LogP contribution is 2.28. The number of benzene rings is 1. The van der Waals surface area contributed by atoms with Gasteiger partial charge in [-0.15, -0.1) is 0 Å². The predicted molar refractivity (Wildman–Crippen MR) is 75.5 cm³/mol. The SMILES string of the molecule is Cc1cc(C)c(O)c(NC(=O)CN2CCNCC2)c1. The predicted octanol–water partition coefficient (Wildman–Crippen LogP) is 0.853. The Labute approximate surface area is 113 Å². The summed E-state index contributed by atoms with van der Waals surface area (Å²) in [6, 6.07) is 3.68. The third-order valence-corrected chi connectivity index (χ3v) is 3.30. The van der Waals surface area contributed by atoms with Crippen molar-refractivity contribution < 1.29 is 9.90 Å². The number of anilines is 1. The molecule has 1 aliphatic rings. The van der Waals surface area contributed by atoms with Gasteiger partial charge in [0.15, 0.2) is 0 Å². The third-order valence-electron chi connectivity index (χ3n) is 3.30. The van der Waals surface area contributed by atoms with Gasteiger partial charge in [-0.1, -0.05) is 6.07 Å².